The first-order valence-corrected chi connectivity index (χ1v) is 14.8. The van der Waals surface area contributed by atoms with Crippen molar-refractivity contribution in [2.45, 2.75) is 50.3 Å². The summed E-state index contributed by atoms with van der Waals surface area (Å²) in [6.07, 6.45) is -0.633. The van der Waals surface area contributed by atoms with Crippen molar-refractivity contribution in [2.24, 2.45) is 0 Å². The van der Waals surface area contributed by atoms with Gasteiger partial charge in [0.15, 0.2) is 0 Å². The molecule has 212 valence electrons. The van der Waals surface area contributed by atoms with Crippen molar-refractivity contribution in [3.05, 3.63) is 80.9 Å². The average Bonchev–Trinajstić information content (AvgIpc) is 3.25. The normalized spacial score (nSPS) is 13.1. The minimum Gasteiger partial charge on any atom is -0.492 e. The van der Waals surface area contributed by atoms with Gasteiger partial charge in [-0.2, -0.15) is 16.8 Å². The molecule has 0 spiro atoms. The quantitative estimate of drug-likeness (QED) is 0.230. The second kappa shape index (κ2) is 9.13. The fourth-order valence-corrected chi connectivity index (χ4v) is 7.12. The number of rotatable bonds is 6. The van der Waals surface area contributed by atoms with Crippen molar-refractivity contribution in [1.29, 1.82) is 0 Å². The third kappa shape index (κ3) is 4.29. The van der Waals surface area contributed by atoms with Gasteiger partial charge in [-0.25, -0.2) is 0 Å². The lowest BCUT2D eigenvalue weighted by atomic mass is 9.90. The lowest BCUT2D eigenvalue weighted by Crippen LogP contribution is -2.21. The van der Waals surface area contributed by atoms with Gasteiger partial charge >= 0.3 is 20.2 Å². The molecule has 1 aliphatic rings. The smallest absolute Gasteiger partial charge is 0.357 e. The zero-order valence-electron chi connectivity index (χ0n) is 21.8. The fourth-order valence-electron chi connectivity index (χ4n) is 4.70. The first-order valence-electron chi connectivity index (χ1n) is 12.0. The topological polar surface area (TPSA) is 178 Å². The highest BCUT2D eigenvalue weighted by molar-refractivity contribution is 7.87. The van der Waals surface area contributed by atoms with Crippen LogP contribution in [-0.2, 0) is 33.1 Å². The van der Waals surface area contributed by atoms with E-state index in [4.69, 9.17) is 8.57 Å². The first kappa shape index (κ1) is 27.3. The first-order chi connectivity index (χ1) is 18.6. The van der Waals surface area contributed by atoms with Crippen LogP contribution in [0.4, 0.5) is 0 Å². The molecule has 0 atom stereocenters. The Morgan fingerprint density at radius 3 is 1.18 bits per heavy atom. The summed E-state index contributed by atoms with van der Waals surface area (Å²) in [5.41, 5.74) is 2.09. The predicted octanol–water partition coefficient (Wildman–Crippen LogP) is 2.48. The van der Waals surface area contributed by atoms with Crippen LogP contribution in [0.25, 0.3) is 0 Å². The maximum absolute atomic E-state index is 13.0. The molecule has 5 rings (SSSR count). The molecular formula is C26H26N2O10S2. The Balaban J connectivity index is 1.51. The summed E-state index contributed by atoms with van der Waals surface area (Å²) < 4.78 is 62.8. The van der Waals surface area contributed by atoms with E-state index in [-0.39, 0.29) is 44.9 Å². The second-order valence-electron chi connectivity index (χ2n) is 9.75. The Morgan fingerprint density at radius 1 is 0.575 bits per heavy atom. The van der Waals surface area contributed by atoms with Gasteiger partial charge in [-0.1, -0.05) is 33.7 Å². The molecule has 1 aliphatic carbocycles. The SMILES string of the molecule is Cc1ccc(C)c(S(=O)(=O)On2c(O)c3c(c2O)Cc2c(c(O)n(OS(=O)(=O)c4cc(C)ccc4C)c2O)C3)c1. The van der Waals surface area contributed by atoms with E-state index in [9.17, 15) is 37.3 Å². The molecule has 0 unspecified atom stereocenters. The summed E-state index contributed by atoms with van der Waals surface area (Å²) >= 11 is 0. The lowest BCUT2D eigenvalue weighted by molar-refractivity contribution is 0.200. The minimum absolute atomic E-state index is 0.00556. The zero-order valence-corrected chi connectivity index (χ0v) is 23.5. The molecule has 2 heterocycles. The summed E-state index contributed by atoms with van der Waals surface area (Å²) in [5.74, 6) is -2.99. The highest BCUT2D eigenvalue weighted by Gasteiger charge is 2.37. The van der Waals surface area contributed by atoms with Crippen LogP contribution in [0.2, 0.25) is 0 Å². The molecule has 0 fully saturated rings. The molecule has 0 radical (unpaired) electrons. The lowest BCUT2D eigenvalue weighted by Gasteiger charge is -2.12. The predicted molar refractivity (Wildman–Crippen MR) is 140 cm³/mol. The molecule has 0 amide bonds. The Morgan fingerprint density at radius 2 is 0.875 bits per heavy atom. The van der Waals surface area contributed by atoms with Crippen LogP contribution in [0, 0.1) is 27.7 Å². The van der Waals surface area contributed by atoms with Crippen LogP contribution in [0.5, 0.6) is 23.5 Å². The summed E-state index contributed by atoms with van der Waals surface area (Å²) in [5, 5.41) is 43.2. The number of aromatic hydroxyl groups is 4. The van der Waals surface area contributed by atoms with Crippen LogP contribution < -0.4 is 8.57 Å². The monoisotopic (exact) mass is 590 g/mol. The molecule has 2 aromatic heterocycles. The maximum atomic E-state index is 13.0. The summed E-state index contributed by atoms with van der Waals surface area (Å²) in [4.78, 5) is -0.318. The molecule has 0 saturated heterocycles. The summed E-state index contributed by atoms with van der Waals surface area (Å²) in [6.45, 7) is 6.52. The summed E-state index contributed by atoms with van der Waals surface area (Å²) in [7, 11) is -8.98. The highest BCUT2D eigenvalue weighted by atomic mass is 32.2. The van der Waals surface area contributed by atoms with Gasteiger partial charge in [0.05, 0.1) is 0 Å². The van der Waals surface area contributed by atoms with Crippen LogP contribution >= 0.6 is 0 Å². The van der Waals surface area contributed by atoms with Crippen LogP contribution in [0.15, 0.2) is 46.2 Å². The van der Waals surface area contributed by atoms with E-state index < -0.39 is 43.8 Å². The summed E-state index contributed by atoms with van der Waals surface area (Å²) in [6, 6.07) is 9.39. The Kier molecular flexibility index (Phi) is 6.23. The number of fused-ring (bicyclic) bond motifs is 2. The van der Waals surface area contributed by atoms with Crippen molar-refractivity contribution in [3.63, 3.8) is 0 Å². The number of aromatic nitrogens is 2. The highest BCUT2D eigenvalue weighted by Crippen LogP contribution is 2.46. The molecule has 4 N–H and O–H groups in total. The van der Waals surface area contributed by atoms with Gasteiger partial charge in [-0.15, -0.1) is 0 Å². The third-order valence-corrected chi connectivity index (χ3v) is 9.50. The van der Waals surface area contributed by atoms with E-state index in [2.05, 4.69) is 0 Å². The van der Waals surface area contributed by atoms with Gasteiger partial charge in [-0.3, -0.25) is 8.57 Å². The molecule has 2 aromatic carbocycles. The van der Waals surface area contributed by atoms with E-state index in [1.54, 1.807) is 52.0 Å². The second-order valence-corrected chi connectivity index (χ2v) is 12.7. The average molecular weight is 591 g/mol. The molecule has 12 nitrogen and oxygen atoms in total. The van der Waals surface area contributed by atoms with Crippen molar-refractivity contribution >= 4 is 20.2 Å². The number of hydrogen-bond donors (Lipinski definition) is 4. The number of aryl methyl sites for hydroxylation is 4. The number of nitrogens with zero attached hydrogens (tertiary/aromatic N) is 2. The van der Waals surface area contributed by atoms with E-state index >= 15 is 0 Å². The van der Waals surface area contributed by atoms with E-state index in [1.165, 1.54) is 12.1 Å². The van der Waals surface area contributed by atoms with Gasteiger partial charge in [0.2, 0.25) is 23.5 Å². The number of benzene rings is 2. The van der Waals surface area contributed by atoms with Crippen LogP contribution in [0.3, 0.4) is 0 Å². The fraction of sp³-hybridized carbons (Fsp3) is 0.231. The molecule has 14 heteroatoms. The molecule has 0 bridgehead atoms. The van der Waals surface area contributed by atoms with Crippen molar-refractivity contribution in [1.82, 2.24) is 9.46 Å². The maximum Gasteiger partial charge on any atom is 0.357 e. The molecular weight excluding hydrogens is 564 g/mol. The van der Waals surface area contributed by atoms with E-state index in [1.807, 2.05) is 0 Å². The Bertz CT molecular complexity index is 1730. The van der Waals surface area contributed by atoms with Crippen molar-refractivity contribution in [2.75, 3.05) is 0 Å². The molecule has 0 saturated carbocycles. The third-order valence-electron chi connectivity index (χ3n) is 6.86. The van der Waals surface area contributed by atoms with E-state index in [0.29, 0.717) is 31.7 Å². The standard InChI is InChI=1S/C26H26N2O10S2/c1-13-5-7-15(3)21(9-13)39(33,34)37-27-23(29)17-11-19-20(12-18(17)24(27)30)26(32)28(25(19)31)38-40(35,36)22-10-14(2)6-8-16(22)4/h5-10,29-32H,11-12H2,1-4H3. The van der Waals surface area contributed by atoms with Crippen molar-refractivity contribution in [3.8, 4) is 23.5 Å². The van der Waals surface area contributed by atoms with E-state index in [0.717, 1.165) is 0 Å². The largest absolute Gasteiger partial charge is 0.492 e. The Hall–Kier alpha value is -4.30. The molecule has 40 heavy (non-hydrogen) atoms. The van der Waals surface area contributed by atoms with Crippen molar-refractivity contribution < 1.29 is 45.8 Å². The van der Waals surface area contributed by atoms with Gasteiger partial charge < -0.3 is 20.4 Å². The van der Waals surface area contributed by atoms with Gasteiger partial charge in [0.25, 0.3) is 0 Å². The van der Waals surface area contributed by atoms with Crippen LogP contribution in [-0.4, -0.2) is 46.7 Å². The van der Waals surface area contributed by atoms with Crippen LogP contribution in [0.1, 0.15) is 44.5 Å². The minimum atomic E-state index is -4.49. The van der Waals surface area contributed by atoms with Gasteiger partial charge in [0, 0.05) is 35.1 Å². The molecule has 0 aliphatic heterocycles. The molecule has 4 aromatic rings. The zero-order chi connectivity index (χ0) is 29.3. The number of hydrogen-bond acceptors (Lipinski definition) is 10. The Labute approximate surface area is 230 Å². The van der Waals surface area contributed by atoms with Gasteiger partial charge in [-0.05, 0) is 62.1 Å². The van der Waals surface area contributed by atoms with Gasteiger partial charge in [0.1, 0.15) is 9.79 Å².